The van der Waals surface area contributed by atoms with Crippen LogP contribution in [0, 0.1) is 0 Å². The number of anilines is 1. The van der Waals surface area contributed by atoms with Gasteiger partial charge in [-0.3, -0.25) is 14.5 Å². The number of para-hydroxylation sites is 1. The Morgan fingerprint density at radius 2 is 1.62 bits per heavy atom. The summed E-state index contributed by atoms with van der Waals surface area (Å²) in [4.78, 5) is 30.0. The molecule has 0 aromatic heterocycles. The zero-order valence-electron chi connectivity index (χ0n) is 18.4. The second kappa shape index (κ2) is 11.5. The minimum absolute atomic E-state index is 0.00658. The maximum Gasteiger partial charge on any atom is 0.266 e. The molecule has 0 N–H and O–H groups in total. The number of amides is 2. The summed E-state index contributed by atoms with van der Waals surface area (Å²) in [6.07, 6.45) is 2.59. The van der Waals surface area contributed by atoms with Crippen LogP contribution in [0.4, 0.5) is 5.69 Å². The summed E-state index contributed by atoms with van der Waals surface area (Å²) < 4.78 is 0.500. The number of halogens is 1. The van der Waals surface area contributed by atoms with Crippen LogP contribution in [0.5, 0.6) is 0 Å². The lowest BCUT2D eigenvalue weighted by molar-refractivity contribution is -0.123. The van der Waals surface area contributed by atoms with Crippen molar-refractivity contribution in [2.24, 2.45) is 0 Å². The number of carbonyl (C=O) groups excluding carboxylic acids is 2. The van der Waals surface area contributed by atoms with Crippen molar-refractivity contribution in [1.29, 1.82) is 0 Å². The second-order valence-corrected chi connectivity index (χ2v) is 9.84. The van der Waals surface area contributed by atoms with E-state index in [0.717, 1.165) is 16.8 Å². The smallest absolute Gasteiger partial charge is 0.266 e. The summed E-state index contributed by atoms with van der Waals surface area (Å²) in [6, 6.07) is 26.9. The van der Waals surface area contributed by atoms with E-state index in [9.17, 15) is 9.59 Å². The van der Waals surface area contributed by atoms with Crippen LogP contribution in [0.2, 0.25) is 5.02 Å². The standard InChI is InChI=1S/C27H23ClN2O2S2/c28-23-15-8-7-12-21(23)18-24-26(32)29(27(33)34-24)17-9-16-25(31)30(22-13-5-2-6-14-22)19-20-10-3-1-4-11-20/h1-8,10-15,18H,9,16-17,19H2. The third-order valence-electron chi connectivity index (χ3n) is 5.39. The molecule has 0 bridgehead atoms. The number of thiocarbonyl (C=S) groups is 1. The molecule has 0 spiro atoms. The molecule has 3 aromatic rings. The molecule has 1 heterocycles. The number of nitrogens with zero attached hydrogens (tertiary/aromatic N) is 2. The van der Waals surface area contributed by atoms with Gasteiger partial charge in [-0.15, -0.1) is 0 Å². The molecule has 1 fully saturated rings. The van der Waals surface area contributed by atoms with Gasteiger partial charge in [-0.2, -0.15) is 0 Å². The molecule has 0 atom stereocenters. The fourth-order valence-electron chi connectivity index (χ4n) is 3.65. The zero-order chi connectivity index (χ0) is 23.9. The number of carbonyl (C=O) groups is 2. The molecule has 7 heteroatoms. The van der Waals surface area contributed by atoms with Crippen molar-refractivity contribution >= 4 is 63.5 Å². The van der Waals surface area contributed by atoms with Crippen LogP contribution < -0.4 is 4.90 Å². The Kier molecular flexibility index (Phi) is 8.16. The first-order valence-electron chi connectivity index (χ1n) is 10.9. The van der Waals surface area contributed by atoms with Gasteiger partial charge in [0, 0.05) is 23.7 Å². The first kappa shape index (κ1) is 24.2. The largest absolute Gasteiger partial charge is 0.308 e. The SMILES string of the molecule is O=C1C(=Cc2ccccc2Cl)SC(=S)N1CCCC(=O)N(Cc1ccccc1)c1ccccc1. The van der Waals surface area contributed by atoms with E-state index in [0.29, 0.717) is 40.2 Å². The van der Waals surface area contributed by atoms with Crippen molar-refractivity contribution in [2.75, 3.05) is 11.4 Å². The van der Waals surface area contributed by atoms with Crippen LogP contribution in [0.1, 0.15) is 24.0 Å². The number of hydrogen-bond donors (Lipinski definition) is 0. The van der Waals surface area contributed by atoms with Crippen LogP contribution in [0.15, 0.2) is 89.8 Å². The van der Waals surface area contributed by atoms with E-state index >= 15 is 0 Å². The number of hydrogen-bond acceptors (Lipinski definition) is 4. The highest BCUT2D eigenvalue weighted by Crippen LogP contribution is 2.34. The van der Waals surface area contributed by atoms with Crippen molar-refractivity contribution < 1.29 is 9.59 Å². The normalized spacial score (nSPS) is 14.6. The van der Waals surface area contributed by atoms with Crippen LogP contribution >= 0.6 is 35.6 Å². The van der Waals surface area contributed by atoms with Crippen molar-refractivity contribution in [2.45, 2.75) is 19.4 Å². The molecular formula is C27H23ClN2O2S2. The van der Waals surface area contributed by atoms with Gasteiger partial charge in [0.05, 0.1) is 11.4 Å². The third kappa shape index (κ3) is 5.95. The van der Waals surface area contributed by atoms with Crippen LogP contribution in [-0.4, -0.2) is 27.6 Å². The molecule has 2 amide bonds. The van der Waals surface area contributed by atoms with Gasteiger partial charge in [-0.1, -0.05) is 102 Å². The van der Waals surface area contributed by atoms with Gasteiger partial charge in [0.15, 0.2) is 0 Å². The first-order chi connectivity index (χ1) is 16.5. The van der Waals surface area contributed by atoms with Gasteiger partial charge in [0.25, 0.3) is 5.91 Å². The zero-order valence-corrected chi connectivity index (χ0v) is 20.8. The second-order valence-electron chi connectivity index (χ2n) is 7.76. The van der Waals surface area contributed by atoms with Gasteiger partial charge >= 0.3 is 0 Å². The average Bonchev–Trinajstić information content (AvgIpc) is 3.12. The molecule has 172 valence electrons. The predicted molar refractivity (Wildman–Crippen MR) is 145 cm³/mol. The lowest BCUT2D eigenvalue weighted by Gasteiger charge is -2.24. The molecule has 1 aliphatic rings. The van der Waals surface area contributed by atoms with E-state index in [4.69, 9.17) is 23.8 Å². The van der Waals surface area contributed by atoms with E-state index in [1.165, 1.54) is 11.8 Å². The van der Waals surface area contributed by atoms with Crippen molar-refractivity contribution in [1.82, 2.24) is 4.90 Å². The van der Waals surface area contributed by atoms with E-state index in [-0.39, 0.29) is 11.8 Å². The highest BCUT2D eigenvalue weighted by Gasteiger charge is 2.32. The molecule has 1 saturated heterocycles. The Morgan fingerprint density at radius 1 is 0.971 bits per heavy atom. The monoisotopic (exact) mass is 506 g/mol. The lowest BCUT2D eigenvalue weighted by Crippen LogP contribution is -2.33. The Hall–Kier alpha value is -2.93. The molecule has 0 radical (unpaired) electrons. The summed E-state index contributed by atoms with van der Waals surface area (Å²) in [5.74, 6) is -0.140. The Morgan fingerprint density at radius 3 is 2.32 bits per heavy atom. The lowest BCUT2D eigenvalue weighted by atomic mass is 10.1. The number of benzene rings is 3. The van der Waals surface area contributed by atoms with Crippen molar-refractivity contribution in [3.63, 3.8) is 0 Å². The van der Waals surface area contributed by atoms with Gasteiger partial charge < -0.3 is 4.90 Å². The maximum atomic E-state index is 13.2. The first-order valence-corrected chi connectivity index (χ1v) is 12.5. The van der Waals surface area contributed by atoms with E-state index in [2.05, 4.69) is 0 Å². The minimum Gasteiger partial charge on any atom is -0.308 e. The molecule has 3 aromatic carbocycles. The Bertz CT molecular complexity index is 1220. The van der Waals surface area contributed by atoms with Gasteiger partial charge in [-0.25, -0.2) is 0 Å². The van der Waals surface area contributed by atoms with E-state index < -0.39 is 0 Å². The Balaban J connectivity index is 1.40. The molecule has 4 rings (SSSR count). The topological polar surface area (TPSA) is 40.6 Å². The highest BCUT2D eigenvalue weighted by molar-refractivity contribution is 8.26. The van der Waals surface area contributed by atoms with E-state index in [1.54, 1.807) is 21.9 Å². The van der Waals surface area contributed by atoms with Gasteiger partial charge in [-0.05, 0) is 41.8 Å². The van der Waals surface area contributed by atoms with Crippen molar-refractivity contribution in [3.05, 3.63) is 106 Å². The molecular weight excluding hydrogens is 484 g/mol. The molecule has 0 unspecified atom stereocenters. The minimum atomic E-state index is -0.147. The molecule has 4 nitrogen and oxygen atoms in total. The van der Waals surface area contributed by atoms with Gasteiger partial charge in [0.1, 0.15) is 4.32 Å². The fraction of sp³-hybridized carbons (Fsp3) is 0.148. The average molecular weight is 507 g/mol. The fourth-order valence-corrected chi connectivity index (χ4v) is 5.14. The highest BCUT2D eigenvalue weighted by atomic mass is 35.5. The number of rotatable bonds is 8. The van der Waals surface area contributed by atoms with Crippen LogP contribution in [-0.2, 0) is 16.1 Å². The van der Waals surface area contributed by atoms with E-state index in [1.807, 2.05) is 78.9 Å². The maximum absolute atomic E-state index is 13.2. The summed E-state index contributed by atoms with van der Waals surface area (Å²) >= 11 is 12.9. The molecule has 0 aliphatic carbocycles. The summed E-state index contributed by atoms with van der Waals surface area (Å²) in [5, 5.41) is 0.581. The summed E-state index contributed by atoms with van der Waals surface area (Å²) in [6.45, 7) is 0.884. The van der Waals surface area contributed by atoms with Crippen LogP contribution in [0.3, 0.4) is 0 Å². The quantitative estimate of drug-likeness (QED) is 0.256. The molecule has 1 aliphatic heterocycles. The van der Waals surface area contributed by atoms with Gasteiger partial charge in [0.2, 0.25) is 5.91 Å². The number of thioether (sulfide) groups is 1. The Labute approximate surface area is 214 Å². The molecule has 0 saturated carbocycles. The summed E-state index contributed by atoms with van der Waals surface area (Å²) in [5.41, 5.74) is 2.69. The summed E-state index contributed by atoms with van der Waals surface area (Å²) in [7, 11) is 0. The van der Waals surface area contributed by atoms with Crippen molar-refractivity contribution in [3.8, 4) is 0 Å². The predicted octanol–water partition coefficient (Wildman–Crippen LogP) is 6.55. The third-order valence-corrected chi connectivity index (χ3v) is 7.11. The molecule has 34 heavy (non-hydrogen) atoms. The van der Waals surface area contributed by atoms with Crippen LogP contribution in [0.25, 0.3) is 6.08 Å².